The zero-order valence-electron chi connectivity index (χ0n) is 16.2. The molecule has 0 aliphatic heterocycles. The maximum atomic E-state index is 11.7. The Morgan fingerprint density at radius 3 is 2.32 bits per heavy atom. The quantitative estimate of drug-likeness (QED) is 0.588. The van der Waals surface area contributed by atoms with E-state index in [2.05, 4.69) is 26.0 Å². The van der Waals surface area contributed by atoms with Crippen molar-refractivity contribution < 1.29 is 8.42 Å². The summed E-state index contributed by atoms with van der Waals surface area (Å²) in [6, 6.07) is 13.3. The van der Waals surface area contributed by atoms with Gasteiger partial charge in [0, 0.05) is 18.0 Å². The van der Waals surface area contributed by atoms with E-state index < -0.39 is 10.0 Å². The van der Waals surface area contributed by atoms with E-state index in [0.717, 1.165) is 27.3 Å². The van der Waals surface area contributed by atoms with Gasteiger partial charge in [0.15, 0.2) is 4.80 Å². The molecular formula is C20H24BrN3O2S2. The molecule has 0 bridgehead atoms. The van der Waals surface area contributed by atoms with Crippen molar-refractivity contribution in [3.63, 3.8) is 0 Å². The predicted octanol–water partition coefficient (Wildman–Crippen LogP) is 4.64. The van der Waals surface area contributed by atoms with E-state index in [1.54, 1.807) is 12.1 Å². The second-order valence-electron chi connectivity index (χ2n) is 6.90. The van der Waals surface area contributed by atoms with Crippen molar-refractivity contribution in [2.75, 3.05) is 0 Å². The van der Waals surface area contributed by atoms with Crippen LogP contribution in [0.1, 0.15) is 30.9 Å². The van der Waals surface area contributed by atoms with Crippen molar-refractivity contribution in [2.24, 2.45) is 17.2 Å². The van der Waals surface area contributed by atoms with Crippen LogP contribution < -0.4 is 9.94 Å². The van der Waals surface area contributed by atoms with E-state index >= 15 is 0 Å². The molecule has 5 nitrogen and oxygen atoms in total. The van der Waals surface area contributed by atoms with Crippen molar-refractivity contribution in [1.29, 1.82) is 0 Å². The Morgan fingerprint density at radius 1 is 1.11 bits per heavy atom. The Hall–Kier alpha value is -1.74. The Morgan fingerprint density at radius 2 is 1.75 bits per heavy atom. The van der Waals surface area contributed by atoms with Crippen LogP contribution in [-0.2, 0) is 17.1 Å². The third-order valence-corrected chi connectivity index (χ3v) is 6.19. The van der Waals surface area contributed by atoms with Gasteiger partial charge in [0.25, 0.3) is 0 Å². The molecule has 3 rings (SSSR count). The molecule has 2 aromatic carbocycles. The number of nitrogens with two attached hydrogens (primary N) is 1. The van der Waals surface area contributed by atoms with Crippen molar-refractivity contribution in [2.45, 2.75) is 31.6 Å². The summed E-state index contributed by atoms with van der Waals surface area (Å²) in [6.07, 6.45) is 0. The third-order valence-electron chi connectivity index (χ3n) is 4.38. The highest BCUT2D eigenvalue weighted by Gasteiger charge is 2.13. The molecule has 0 amide bonds. The standard InChI is InChI=1S/C20H23N3O2S2.BrH/c1-13(2)15-5-7-17(8-6-15)22-20-23(4)19(12-26-20)16-9-14(3)10-18(11-16)27(21,24)25;/h5-13H,1-4H3,(H2,21,24,25);1H. The van der Waals surface area contributed by atoms with Crippen LogP contribution in [0.3, 0.4) is 0 Å². The maximum absolute atomic E-state index is 11.7. The summed E-state index contributed by atoms with van der Waals surface area (Å²) >= 11 is 1.51. The fraction of sp³-hybridized carbons (Fsp3) is 0.250. The van der Waals surface area contributed by atoms with E-state index in [-0.39, 0.29) is 21.9 Å². The molecule has 0 saturated carbocycles. The number of hydrogen-bond donors (Lipinski definition) is 1. The molecule has 0 unspecified atom stereocenters. The molecule has 0 aliphatic carbocycles. The molecule has 0 atom stereocenters. The minimum Gasteiger partial charge on any atom is -0.320 e. The number of nitrogens with zero attached hydrogens (tertiary/aromatic N) is 2. The molecule has 150 valence electrons. The Bertz CT molecular complexity index is 1140. The van der Waals surface area contributed by atoms with Gasteiger partial charge in [0.1, 0.15) is 0 Å². The Kier molecular flexibility index (Phi) is 7.03. The van der Waals surface area contributed by atoms with Crippen LogP contribution in [-0.4, -0.2) is 13.0 Å². The first-order valence-corrected chi connectivity index (χ1v) is 11.0. The van der Waals surface area contributed by atoms with E-state index in [4.69, 9.17) is 10.1 Å². The number of primary sulfonamides is 1. The van der Waals surface area contributed by atoms with Crippen LogP contribution in [0.5, 0.6) is 0 Å². The van der Waals surface area contributed by atoms with Gasteiger partial charge in [-0.05, 0) is 54.3 Å². The van der Waals surface area contributed by atoms with E-state index in [0.29, 0.717) is 5.92 Å². The summed E-state index contributed by atoms with van der Waals surface area (Å²) in [5, 5.41) is 7.28. The van der Waals surface area contributed by atoms with E-state index in [1.807, 2.05) is 42.1 Å². The highest BCUT2D eigenvalue weighted by molar-refractivity contribution is 8.93. The van der Waals surface area contributed by atoms with Gasteiger partial charge in [-0.15, -0.1) is 28.3 Å². The van der Waals surface area contributed by atoms with Crippen LogP contribution in [0.4, 0.5) is 5.69 Å². The predicted molar refractivity (Wildman–Crippen MR) is 121 cm³/mol. The summed E-state index contributed by atoms with van der Waals surface area (Å²) in [5.41, 5.74) is 4.70. The lowest BCUT2D eigenvalue weighted by molar-refractivity contribution is 0.597. The molecule has 0 fully saturated rings. The number of halogens is 1. The first kappa shape index (κ1) is 22.5. The van der Waals surface area contributed by atoms with E-state index in [9.17, 15) is 8.42 Å². The largest absolute Gasteiger partial charge is 0.320 e. The molecule has 8 heteroatoms. The number of aromatic nitrogens is 1. The van der Waals surface area contributed by atoms with Gasteiger partial charge in [-0.25, -0.2) is 18.5 Å². The van der Waals surface area contributed by atoms with Gasteiger partial charge in [0.2, 0.25) is 10.0 Å². The molecule has 3 aromatic rings. The molecule has 1 heterocycles. The molecule has 28 heavy (non-hydrogen) atoms. The van der Waals surface area contributed by atoms with Gasteiger partial charge in [0.05, 0.1) is 16.3 Å². The minimum atomic E-state index is -3.75. The third kappa shape index (κ3) is 5.00. The fourth-order valence-corrected chi connectivity index (χ4v) is 4.40. The second kappa shape index (κ2) is 8.73. The molecule has 2 N–H and O–H groups in total. The van der Waals surface area contributed by atoms with Gasteiger partial charge < -0.3 is 4.57 Å². The Labute approximate surface area is 180 Å². The first-order valence-electron chi connectivity index (χ1n) is 8.59. The van der Waals surface area contributed by atoms with Crippen molar-refractivity contribution in [1.82, 2.24) is 4.57 Å². The Balaban J connectivity index is 0.00000280. The van der Waals surface area contributed by atoms with Gasteiger partial charge in [-0.3, -0.25) is 0 Å². The van der Waals surface area contributed by atoms with Crippen LogP contribution >= 0.6 is 28.3 Å². The summed E-state index contributed by atoms with van der Waals surface area (Å²) in [6.45, 7) is 6.18. The number of hydrogen-bond acceptors (Lipinski definition) is 4. The van der Waals surface area contributed by atoms with E-state index in [1.165, 1.54) is 16.9 Å². The SMILES string of the molecule is Br.Cc1cc(-c2csc(=Nc3ccc(C(C)C)cc3)n2C)cc(S(N)(=O)=O)c1. The summed E-state index contributed by atoms with van der Waals surface area (Å²) < 4.78 is 25.4. The molecule has 1 aromatic heterocycles. The van der Waals surface area contributed by atoms with Crippen LogP contribution in [0.2, 0.25) is 0 Å². The van der Waals surface area contributed by atoms with Crippen LogP contribution in [0.15, 0.2) is 57.7 Å². The van der Waals surface area contributed by atoms with Crippen molar-refractivity contribution >= 4 is 44.0 Å². The average molecular weight is 482 g/mol. The zero-order valence-corrected chi connectivity index (χ0v) is 19.6. The number of aryl methyl sites for hydroxylation is 1. The summed E-state index contributed by atoms with van der Waals surface area (Å²) in [4.78, 5) is 5.67. The molecule has 0 radical (unpaired) electrons. The first-order chi connectivity index (χ1) is 12.6. The maximum Gasteiger partial charge on any atom is 0.238 e. The van der Waals surface area contributed by atoms with Crippen molar-refractivity contribution in [3.8, 4) is 11.3 Å². The lowest BCUT2D eigenvalue weighted by atomic mass is 10.0. The van der Waals surface area contributed by atoms with Gasteiger partial charge in [-0.2, -0.15) is 0 Å². The fourth-order valence-electron chi connectivity index (χ4n) is 2.84. The molecule has 0 saturated heterocycles. The smallest absolute Gasteiger partial charge is 0.238 e. The average Bonchev–Trinajstić information content (AvgIpc) is 2.95. The highest BCUT2D eigenvalue weighted by Crippen LogP contribution is 2.25. The topological polar surface area (TPSA) is 77.5 Å². The van der Waals surface area contributed by atoms with Gasteiger partial charge in [-0.1, -0.05) is 26.0 Å². The molecular weight excluding hydrogens is 458 g/mol. The monoisotopic (exact) mass is 481 g/mol. The highest BCUT2D eigenvalue weighted by atomic mass is 79.9. The van der Waals surface area contributed by atoms with Crippen LogP contribution in [0.25, 0.3) is 11.3 Å². The molecule has 0 spiro atoms. The number of rotatable bonds is 4. The minimum absolute atomic E-state index is 0. The number of benzene rings is 2. The van der Waals surface area contributed by atoms with Crippen LogP contribution in [0, 0.1) is 6.92 Å². The zero-order chi connectivity index (χ0) is 19.8. The number of sulfonamides is 1. The number of thiazole rings is 1. The lowest BCUT2D eigenvalue weighted by Crippen LogP contribution is -2.13. The second-order valence-corrected chi connectivity index (χ2v) is 9.30. The normalized spacial score (nSPS) is 12.3. The van der Waals surface area contributed by atoms with Gasteiger partial charge >= 0.3 is 0 Å². The molecule has 0 aliphatic rings. The summed E-state index contributed by atoms with van der Waals surface area (Å²) in [5.74, 6) is 0.484. The van der Waals surface area contributed by atoms with Crippen molar-refractivity contribution in [3.05, 3.63) is 63.8 Å². The summed E-state index contributed by atoms with van der Waals surface area (Å²) in [7, 11) is -1.83. The lowest BCUT2D eigenvalue weighted by Gasteiger charge is -2.07.